The lowest BCUT2D eigenvalue weighted by molar-refractivity contribution is 1.13. The molecule has 110 heavy (non-hydrogen) atoms. The van der Waals surface area contributed by atoms with E-state index in [1.165, 1.54) is 106 Å². The van der Waals surface area contributed by atoms with Gasteiger partial charge >= 0.3 is 0 Å². The van der Waals surface area contributed by atoms with Crippen LogP contribution >= 0.6 is 0 Å². The van der Waals surface area contributed by atoms with Gasteiger partial charge in [0.2, 0.25) is 0 Å². The number of anilines is 6. The fourth-order valence-electron chi connectivity index (χ4n) is 14.1. The number of rotatable bonds is 21. The second-order valence-corrected chi connectivity index (χ2v) is 28.0. The second-order valence-electron chi connectivity index (χ2n) is 28.0. The number of benzene rings is 15. The number of nitrogens with zero attached hydrogens (tertiary/aromatic N) is 3. The van der Waals surface area contributed by atoms with Gasteiger partial charge in [-0.05, 0) is 193 Å². The maximum Gasteiger partial charge on any atom is 0.0618 e. The van der Waals surface area contributed by atoms with Crippen molar-refractivity contribution in [3.63, 3.8) is 0 Å². The van der Waals surface area contributed by atoms with Crippen molar-refractivity contribution < 1.29 is 0 Å². The van der Waals surface area contributed by atoms with Crippen LogP contribution in [0.4, 0.5) is 34.1 Å². The first-order valence-corrected chi connectivity index (χ1v) is 38.6. The molecule has 15 aromatic carbocycles. The summed E-state index contributed by atoms with van der Waals surface area (Å²) < 4.78 is 0. The first-order valence-electron chi connectivity index (χ1n) is 38.6. The molecule has 0 atom stereocenters. The molecule has 0 unspecified atom stereocenters. The van der Waals surface area contributed by atoms with Crippen LogP contribution in [0.1, 0.15) is 115 Å². The normalized spacial score (nSPS) is 10.7. The summed E-state index contributed by atoms with van der Waals surface area (Å²) in [6, 6.07) is 146. The maximum absolute atomic E-state index is 2.43. The smallest absolute Gasteiger partial charge is 0.0618 e. The van der Waals surface area contributed by atoms with Crippen LogP contribution in [0.5, 0.6) is 0 Å². The number of aryl methyl sites for hydroxylation is 8. The van der Waals surface area contributed by atoms with Crippen LogP contribution < -0.4 is 14.7 Å². The van der Waals surface area contributed by atoms with Crippen LogP contribution in [0.3, 0.4) is 0 Å². The predicted molar refractivity (Wildman–Crippen MR) is 473 cm³/mol. The minimum atomic E-state index is 1.02. The zero-order valence-electron chi connectivity index (χ0n) is 64.6. The van der Waals surface area contributed by atoms with Gasteiger partial charge in [-0.2, -0.15) is 0 Å². The van der Waals surface area contributed by atoms with Gasteiger partial charge in [-0.3, -0.25) is 0 Å². The van der Waals surface area contributed by atoms with Gasteiger partial charge < -0.3 is 14.7 Å². The van der Waals surface area contributed by atoms with E-state index < -0.39 is 0 Å². The second kappa shape index (κ2) is 37.0. The Morgan fingerprint density at radius 1 is 0.164 bits per heavy atom. The molecule has 0 radical (unpaired) electrons. The van der Waals surface area contributed by atoms with Crippen molar-refractivity contribution in [1.29, 1.82) is 0 Å². The molecule has 15 rings (SSSR count). The molecule has 0 N–H and O–H groups in total. The average Bonchev–Trinajstić information content (AvgIpc) is 0.777. The number of para-hydroxylation sites is 2. The third-order valence-electron chi connectivity index (χ3n) is 20.1. The Kier molecular flexibility index (Phi) is 25.3. The van der Waals surface area contributed by atoms with Gasteiger partial charge in [-0.1, -0.05) is 382 Å². The van der Waals surface area contributed by atoms with Gasteiger partial charge in [0, 0.05) is 50.8 Å². The Labute approximate surface area is 654 Å². The molecule has 540 valence electrons. The molecule has 0 saturated carbocycles. The quantitative estimate of drug-likeness (QED) is 0.0664. The predicted octanol–water partition coefficient (Wildman–Crippen LogP) is 28.6. The molecule has 0 aliphatic heterocycles. The fourth-order valence-corrected chi connectivity index (χ4v) is 14.1. The van der Waals surface area contributed by atoms with E-state index >= 15 is 0 Å². The largest absolute Gasteiger partial charge is 0.309 e. The van der Waals surface area contributed by atoms with E-state index in [0.717, 1.165) is 76.0 Å². The van der Waals surface area contributed by atoms with Crippen molar-refractivity contribution >= 4 is 67.9 Å². The van der Waals surface area contributed by atoms with E-state index in [2.05, 4.69) is 477 Å². The highest BCUT2D eigenvalue weighted by molar-refractivity contribution is 6.09. The molecule has 0 spiro atoms. The van der Waals surface area contributed by atoms with E-state index in [1.807, 2.05) is 0 Å². The molecule has 15 aromatic rings. The highest BCUT2D eigenvalue weighted by Crippen LogP contribution is 2.46. The first kappa shape index (κ1) is 75.2. The van der Waals surface area contributed by atoms with Crippen molar-refractivity contribution in [2.75, 3.05) is 14.7 Å². The highest BCUT2D eigenvalue weighted by Gasteiger charge is 2.27. The molecular formula is C107H97N3. The lowest BCUT2D eigenvalue weighted by Crippen LogP contribution is -2.18. The van der Waals surface area contributed by atoms with Crippen LogP contribution in [-0.2, 0) is 19.3 Å². The Hall–Kier alpha value is -13.1. The molecule has 3 heteroatoms. The van der Waals surface area contributed by atoms with E-state index in [1.54, 1.807) is 0 Å². The van der Waals surface area contributed by atoms with E-state index in [9.17, 15) is 0 Å². The summed E-state index contributed by atoms with van der Waals surface area (Å²) in [7, 11) is 0. The van der Waals surface area contributed by atoms with Gasteiger partial charge in [0.25, 0.3) is 0 Å². The highest BCUT2D eigenvalue weighted by atomic mass is 15.2. The van der Waals surface area contributed by atoms with Crippen molar-refractivity contribution in [3.05, 3.63) is 501 Å². The van der Waals surface area contributed by atoms with Crippen molar-refractivity contribution in [2.24, 2.45) is 0 Å². The summed E-state index contributed by atoms with van der Waals surface area (Å²) >= 11 is 0. The third kappa shape index (κ3) is 18.5. The van der Waals surface area contributed by atoms with Crippen LogP contribution in [0, 0.1) is 34.6 Å². The minimum absolute atomic E-state index is 1.02. The van der Waals surface area contributed by atoms with Crippen LogP contribution in [-0.4, -0.2) is 0 Å². The van der Waals surface area contributed by atoms with Crippen LogP contribution in [0.2, 0.25) is 0 Å². The summed E-state index contributed by atoms with van der Waals surface area (Å²) in [4.78, 5) is 7.22. The van der Waals surface area contributed by atoms with Crippen LogP contribution in [0.15, 0.2) is 406 Å². The molecule has 0 aliphatic rings. The Morgan fingerprint density at radius 3 is 0.518 bits per heavy atom. The van der Waals surface area contributed by atoms with E-state index in [0.29, 0.717) is 0 Å². The molecule has 3 nitrogen and oxygen atoms in total. The summed E-state index contributed by atoms with van der Waals surface area (Å²) in [5.74, 6) is 0. The summed E-state index contributed by atoms with van der Waals surface area (Å²) in [5.41, 5.74) is 34.8. The fraction of sp³-hybridized carbons (Fsp3) is 0.103. The van der Waals surface area contributed by atoms with Gasteiger partial charge in [-0.15, -0.1) is 0 Å². The standard InChI is InChI=1S/C38H37N.C35H31N.C34H29N/c1-5-30-16-24-35(25-17-30)39(36-26-18-31(6-2)19-27-36)38(34-10-8-7-9-11-34)37(32-20-12-28(3)13-21-32)33-22-14-29(4)15-23-33;1-3-28-21-25-33(26-22-28)36(32-23-19-27(2)20-24-32)35(31-17-11-6-12-18-31)34(29-13-7-4-8-14-29)30-15-9-5-10-16-30;1-26-18-22-28(23-19-26)33(29-24-20-27(2)21-25-29)34(30-12-6-3-7-13-30)35(31-14-8-4-9-15-31)32-16-10-5-11-17-32/h7-27H,5-6H2,1-4H3;4-26H,3H2,1-2H3;3-25H,1-2H3. The number of hydrogen-bond acceptors (Lipinski definition) is 3. The minimum Gasteiger partial charge on any atom is -0.309 e. The molecular weight excluding hydrogens is 1330 g/mol. The summed E-state index contributed by atoms with van der Waals surface area (Å²) in [6.45, 7) is 17.3. The monoisotopic (exact) mass is 1420 g/mol. The van der Waals surface area contributed by atoms with E-state index in [4.69, 9.17) is 0 Å². The lowest BCUT2D eigenvalue weighted by Gasteiger charge is -2.31. The first-order chi connectivity index (χ1) is 54.0. The topological polar surface area (TPSA) is 9.72 Å². The van der Waals surface area contributed by atoms with Crippen molar-refractivity contribution in [1.82, 2.24) is 0 Å². The van der Waals surface area contributed by atoms with Gasteiger partial charge in [-0.25, -0.2) is 0 Å². The van der Waals surface area contributed by atoms with E-state index in [-0.39, 0.29) is 0 Å². The zero-order valence-corrected chi connectivity index (χ0v) is 64.6. The lowest BCUT2D eigenvalue weighted by atomic mass is 9.91. The molecule has 0 amide bonds. The SMILES string of the molecule is CCc1ccc(N(C(=C(c2ccc(C)cc2)c2ccc(C)cc2)c2ccccc2)c2ccc(CC)cc2)cc1.CCc1ccc(N(C(=C(c2ccccc2)c2ccccc2)c2ccccc2)c2ccc(C)cc2)cc1.Cc1ccc(C(=C(c2ccccc2)N(c2ccccc2)c2ccccc2)c2ccc(C)cc2)cc1. The Balaban J connectivity index is 0.000000145. The molecule has 0 aliphatic carbocycles. The molecule has 0 heterocycles. The zero-order chi connectivity index (χ0) is 76.0. The molecule has 0 aromatic heterocycles. The maximum atomic E-state index is 2.43. The molecule has 0 saturated heterocycles. The van der Waals surface area contributed by atoms with Gasteiger partial charge in [0.05, 0.1) is 17.1 Å². The van der Waals surface area contributed by atoms with Gasteiger partial charge in [0.15, 0.2) is 0 Å². The summed E-state index contributed by atoms with van der Waals surface area (Å²) in [6.07, 6.45) is 3.06. The number of hydrogen-bond donors (Lipinski definition) is 0. The molecule has 0 fully saturated rings. The Morgan fingerprint density at radius 2 is 0.318 bits per heavy atom. The average molecular weight is 1420 g/mol. The third-order valence-corrected chi connectivity index (χ3v) is 20.1. The van der Waals surface area contributed by atoms with Gasteiger partial charge in [0.1, 0.15) is 0 Å². The summed E-state index contributed by atoms with van der Waals surface area (Å²) in [5, 5.41) is 0. The van der Waals surface area contributed by atoms with Crippen LogP contribution in [0.25, 0.3) is 33.8 Å². The Bertz CT molecular complexity index is 5230. The van der Waals surface area contributed by atoms with Crippen molar-refractivity contribution in [2.45, 2.75) is 74.7 Å². The molecule has 0 bridgehead atoms. The van der Waals surface area contributed by atoms with Crippen molar-refractivity contribution in [3.8, 4) is 0 Å².